The Labute approximate surface area is 89.4 Å². The van der Waals surface area contributed by atoms with Gasteiger partial charge in [-0.05, 0) is 5.56 Å². The van der Waals surface area contributed by atoms with Gasteiger partial charge in [-0.1, -0.05) is 42.5 Å². The van der Waals surface area contributed by atoms with Crippen LogP contribution in [-0.2, 0) is 4.79 Å². The van der Waals surface area contributed by atoms with Gasteiger partial charge >= 0.3 is 0 Å². The Morgan fingerprint density at radius 2 is 2.13 bits per heavy atom. The summed E-state index contributed by atoms with van der Waals surface area (Å²) in [6.45, 7) is 1.34. The predicted octanol–water partition coefficient (Wildman–Crippen LogP) is 1.20. The minimum Gasteiger partial charge on any atom is -0.394 e. The molecule has 0 aliphatic rings. The molecule has 0 aromatic heterocycles. The van der Waals surface area contributed by atoms with E-state index in [0.717, 1.165) is 5.56 Å². The molecule has 1 amide bonds. The Morgan fingerprint density at radius 1 is 1.47 bits per heavy atom. The second-order valence-electron chi connectivity index (χ2n) is 3.26. The van der Waals surface area contributed by atoms with E-state index in [1.165, 1.54) is 6.92 Å². The molecule has 1 aromatic rings. The van der Waals surface area contributed by atoms with Crippen molar-refractivity contribution in [2.45, 2.75) is 13.0 Å². The molecule has 0 saturated carbocycles. The van der Waals surface area contributed by atoms with Gasteiger partial charge in [-0.3, -0.25) is 4.79 Å². The summed E-state index contributed by atoms with van der Waals surface area (Å²) in [4.78, 5) is 10.8. The lowest BCUT2D eigenvalue weighted by atomic mass is 10.2. The maximum Gasteiger partial charge on any atom is 0.217 e. The van der Waals surface area contributed by atoms with Gasteiger partial charge in [0.1, 0.15) is 0 Å². The van der Waals surface area contributed by atoms with Crippen LogP contribution in [0.1, 0.15) is 12.5 Å². The Kier molecular flexibility index (Phi) is 4.57. The fourth-order valence-electron chi connectivity index (χ4n) is 1.21. The molecule has 2 N–H and O–H groups in total. The summed E-state index contributed by atoms with van der Waals surface area (Å²) < 4.78 is 0. The van der Waals surface area contributed by atoms with E-state index in [4.69, 9.17) is 5.11 Å². The lowest BCUT2D eigenvalue weighted by Gasteiger charge is -2.09. The van der Waals surface area contributed by atoms with E-state index in [0.29, 0.717) is 0 Å². The third-order valence-corrected chi connectivity index (χ3v) is 1.91. The van der Waals surface area contributed by atoms with Crippen molar-refractivity contribution in [1.82, 2.24) is 5.32 Å². The monoisotopic (exact) mass is 205 g/mol. The predicted molar refractivity (Wildman–Crippen MR) is 60.2 cm³/mol. The molecule has 3 heteroatoms. The standard InChI is InChI=1S/C12H15NO2/c1-10(15)13-12(9-14)8-7-11-5-3-2-4-6-11/h2-8,12,14H,9H2,1H3,(H,13,15)/b8-7+. The average Bonchev–Trinajstić information content (AvgIpc) is 2.25. The van der Waals surface area contributed by atoms with Crippen molar-refractivity contribution in [3.63, 3.8) is 0 Å². The van der Waals surface area contributed by atoms with Crippen LogP contribution in [0.15, 0.2) is 36.4 Å². The Balaban J connectivity index is 2.58. The first-order valence-corrected chi connectivity index (χ1v) is 4.83. The van der Waals surface area contributed by atoms with Gasteiger partial charge in [0.25, 0.3) is 0 Å². The third-order valence-electron chi connectivity index (χ3n) is 1.91. The molecular weight excluding hydrogens is 190 g/mol. The maximum atomic E-state index is 10.8. The zero-order chi connectivity index (χ0) is 11.1. The van der Waals surface area contributed by atoms with Crippen LogP contribution in [0, 0.1) is 0 Å². The van der Waals surface area contributed by atoms with Crippen molar-refractivity contribution >= 4 is 12.0 Å². The number of hydrogen-bond donors (Lipinski definition) is 2. The van der Waals surface area contributed by atoms with E-state index in [9.17, 15) is 4.79 Å². The van der Waals surface area contributed by atoms with Crippen LogP contribution in [0.2, 0.25) is 0 Å². The first kappa shape index (κ1) is 11.5. The number of aliphatic hydroxyl groups is 1. The van der Waals surface area contributed by atoms with Gasteiger partial charge in [0.2, 0.25) is 5.91 Å². The highest BCUT2D eigenvalue weighted by molar-refractivity contribution is 5.73. The molecule has 0 fully saturated rings. The number of nitrogens with one attached hydrogen (secondary N) is 1. The number of aliphatic hydroxyl groups excluding tert-OH is 1. The van der Waals surface area contributed by atoms with Crippen molar-refractivity contribution in [2.24, 2.45) is 0 Å². The van der Waals surface area contributed by atoms with Crippen molar-refractivity contribution in [3.8, 4) is 0 Å². The zero-order valence-electron chi connectivity index (χ0n) is 8.68. The second kappa shape index (κ2) is 5.98. The zero-order valence-corrected chi connectivity index (χ0v) is 8.68. The highest BCUT2D eigenvalue weighted by atomic mass is 16.3. The normalized spacial score (nSPS) is 12.7. The minimum absolute atomic E-state index is 0.0943. The Hall–Kier alpha value is -1.61. The van der Waals surface area contributed by atoms with Crippen molar-refractivity contribution in [3.05, 3.63) is 42.0 Å². The average molecular weight is 205 g/mol. The molecule has 3 nitrogen and oxygen atoms in total. The molecule has 1 unspecified atom stereocenters. The fourth-order valence-corrected chi connectivity index (χ4v) is 1.21. The SMILES string of the molecule is CC(=O)NC(/C=C/c1ccccc1)CO. The third kappa shape index (κ3) is 4.42. The van der Waals surface area contributed by atoms with Crippen molar-refractivity contribution in [2.75, 3.05) is 6.61 Å². The molecule has 0 spiro atoms. The van der Waals surface area contributed by atoms with Gasteiger partial charge in [-0.2, -0.15) is 0 Å². The van der Waals surface area contributed by atoms with E-state index in [-0.39, 0.29) is 18.6 Å². The summed E-state index contributed by atoms with van der Waals surface area (Å²) in [5.74, 6) is -0.147. The molecular formula is C12H15NO2. The van der Waals surface area contributed by atoms with Gasteiger partial charge in [0.15, 0.2) is 0 Å². The number of carbonyl (C=O) groups is 1. The van der Waals surface area contributed by atoms with E-state index in [1.807, 2.05) is 36.4 Å². The lowest BCUT2D eigenvalue weighted by Crippen LogP contribution is -2.34. The van der Waals surface area contributed by atoms with Gasteiger partial charge in [-0.15, -0.1) is 0 Å². The van der Waals surface area contributed by atoms with Crippen LogP contribution >= 0.6 is 0 Å². The summed E-state index contributed by atoms with van der Waals surface area (Å²) in [5.41, 5.74) is 1.04. The number of carbonyl (C=O) groups excluding carboxylic acids is 1. The van der Waals surface area contributed by atoms with E-state index >= 15 is 0 Å². The number of benzene rings is 1. The summed E-state index contributed by atoms with van der Waals surface area (Å²) in [5, 5.41) is 11.6. The van der Waals surface area contributed by atoms with E-state index in [1.54, 1.807) is 6.08 Å². The molecule has 15 heavy (non-hydrogen) atoms. The van der Waals surface area contributed by atoms with E-state index < -0.39 is 0 Å². The highest BCUT2D eigenvalue weighted by Crippen LogP contribution is 2.01. The van der Waals surface area contributed by atoms with Gasteiger partial charge in [0.05, 0.1) is 12.6 Å². The van der Waals surface area contributed by atoms with Crippen LogP contribution < -0.4 is 5.32 Å². The molecule has 80 valence electrons. The quantitative estimate of drug-likeness (QED) is 0.776. The molecule has 0 aliphatic carbocycles. The maximum absolute atomic E-state index is 10.8. The molecule has 0 saturated heterocycles. The molecule has 0 radical (unpaired) electrons. The minimum atomic E-state index is -0.317. The molecule has 0 bridgehead atoms. The van der Waals surface area contributed by atoms with Crippen LogP contribution in [0.3, 0.4) is 0 Å². The fraction of sp³-hybridized carbons (Fsp3) is 0.250. The molecule has 0 aliphatic heterocycles. The smallest absolute Gasteiger partial charge is 0.217 e. The number of hydrogen-bond acceptors (Lipinski definition) is 2. The molecule has 1 aromatic carbocycles. The molecule has 1 rings (SSSR count). The van der Waals surface area contributed by atoms with Crippen molar-refractivity contribution < 1.29 is 9.90 Å². The summed E-state index contributed by atoms with van der Waals surface area (Å²) in [6.07, 6.45) is 3.65. The van der Waals surface area contributed by atoms with Crippen molar-refractivity contribution in [1.29, 1.82) is 0 Å². The summed E-state index contributed by atoms with van der Waals surface area (Å²) in [7, 11) is 0. The summed E-state index contributed by atoms with van der Waals surface area (Å²) in [6, 6.07) is 9.41. The highest BCUT2D eigenvalue weighted by Gasteiger charge is 2.02. The molecule has 1 atom stereocenters. The Morgan fingerprint density at radius 3 is 2.67 bits per heavy atom. The van der Waals surface area contributed by atoms with Crippen LogP contribution in [-0.4, -0.2) is 23.7 Å². The van der Waals surface area contributed by atoms with Gasteiger partial charge in [0, 0.05) is 6.92 Å². The number of amides is 1. The van der Waals surface area contributed by atoms with Crippen LogP contribution in [0.4, 0.5) is 0 Å². The Bertz CT molecular complexity index is 333. The largest absolute Gasteiger partial charge is 0.394 e. The lowest BCUT2D eigenvalue weighted by molar-refractivity contribution is -0.119. The topological polar surface area (TPSA) is 49.3 Å². The number of rotatable bonds is 4. The van der Waals surface area contributed by atoms with Crippen LogP contribution in [0.25, 0.3) is 6.08 Å². The van der Waals surface area contributed by atoms with Gasteiger partial charge < -0.3 is 10.4 Å². The second-order valence-corrected chi connectivity index (χ2v) is 3.26. The van der Waals surface area contributed by atoms with E-state index in [2.05, 4.69) is 5.32 Å². The molecule has 0 heterocycles. The summed E-state index contributed by atoms with van der Waals surface area (Å²) >= 11 is 0. The first-order valence-electron chi connectivity index (χ1n) is 4.83. The van der Waals surface area contributed by atoms with Gasteiger partial charge in [-0.25, -0.2) is 0 Å². The van der Waals surface area contributed by atoms with Crippen LogP contribution in [0.5, 0.6) is 0 Å². The first-order chi connectivity index (χ1) is 7.22.